The Morgan fingerprint density at radius 3 is 2.50 bits per heavy atom. The van der Waals surface area contributed by atoms with Crippen molar-refractivity contribution in [2.24, 2.45) is 0 Å². The predicted octanol–water partition coefficient (Wildman–Crippen LogP) is 3.55. The highest BCUT2D eigenvalue weighted by molar-refractivity contribution is 5.18. The van der Waals surface area contributed by atoms with E-state index in [1.54, 1.807) is 12.1 Å². The molecular formula is C18H18FN. The standard InChI is InChI=1S/C18H18FN/c1-2-18(20-14-16-7-4-3-5-8-16)12-11-15-9-6-10-17(19)13-15/h1,3-10,13,18,20H,11-12,14H2. The van der Waals surface area contributed by atoms with Crippen molar-refractivity contribution in [1.29, 1.82) is 0 Å². The Morgan fingerprint density at radius 2 is 1.80 bits per heavy atom. The monoisotopic (exact) mass is 267 g/mol. The van der Waals surface area contributed by atoms with Gasteiger partial charge in [-0.2, -0.15) is 0 Å². The molecule has 2 rings (SSSR count). The van der Waals surface area contributed by atoms with E-state index in [4.69, 9.17) is 6.42 Å². The predicted molar refractivity (Wildman–Crippen MR) is 80.6 cm³/mol. The molecule has 20 heavy (non-hydrogen) atoms. The van der Waals surface area contributed by atoms with Gasteiger partial charge in [0.05, 0.1) is 6.04 Å². The summed E-state index contributed by atoms with van der Waals surface area (Å²) in [5, 5.41) is 3.34. The summed E-state index contributed by atoms with van der Waals surface area (Å²) in [6.45, 7) is 0.749. The van der Waals surface area contributed by atoms with Gasteiger partial charge in [-0.25, -0.2) is 4.39 Å². The van der Waals surface area contributed by atoms with Gasteiger partial charge in [0, 0.05) is 6.54 Å². The van der Waals surface area contributed by atoms with Gasteiger partial charge in [-0.05, 0) is 36.1 Å². The maximum atomic E-state index is 13.1. The summed E-state index contributed by atoms with van der Waals surface area (Å²) in [7, 11) is 0. The minimum absolute atomic E-state index is 0.00141. The lowest BCUT2D eigenvalue weighted by atomic mass is 10.1. The number of nitrogens with one attached hydrogen (secondary N) is 1. The third kappa shape index (κ3) is 4.53. The second-order valence-corrected chi connectivity index (χ2v) is 4.75. The third-order valence-electron chi connectivity index (χ3n) is 3.21. The van der Waals surface area contributed by atoms with Crippen molar-refractivity contribution in [2.45, 2.75) is 25.4 Å². The number of rotatable bonds is 6. The van der Waals surface area contributed by atoms with Crippen LogP contribution in [0.1, 0.15) is 17.5 Å². The topological polar surface area (TPSA) is 12.0 Å². The Kier molecular flexibility index (Phi) is 5.34. The lowest BCUT2D eigenvalue weighted by Crippen LogP contribution is -2.27. The molecule has 2 aromatic carbocycles. The quantitative estimate of drug-likeness (QED) is 0.789. The van der Waals surface area contributed by atoms with Gasteiger partial charge < -0.3 is 0 Å². The fourth-order valence-corrected chi connectivity index (χ4v) is 2.08. The number of hydrogen-bond donors (Lipinski definition) is 1. The Labute approximate surface area is 119 Å². The molecule has 0 saturated heterocycles. The van der Waals surface area contributed by atoms with Gasteiger partial charge >= 0.3 is 0 Å². The van der Waals surface area contributed by atoms with Crippen molar-refractivity contribution in [1.82, 2.24) is 5.32 Å². The van der Waals surface area contributed by atoms with Gasteiger partial charge in [0.15, 0.2) is 0 Å². The molecule has 0 spiro atoms. The van der Waals surface area contributed by atoms with Crippen molar-refractivity contribution in [3.8, 4) is 12.3 Å². The van der Waals surface area contributed by atoms with E-state index in [-0.39, 0.29) is 11.9 Å². The highest BCUT2D eigenvalue weighted by Gasteiger charge is 2.05. The van der Waals surface area contributed by atoms with E-state index in [2.05, 4.69) is 23.4 Å². The molecule has 102 valence electrons. The van der Waals surface area contributed by atoms with Gasteiger partial charge in [0.1, 0.15) is 5.82 Å². The van der Waals surface area contributed by atoms with Crippen molar-refractivity contribution in [3.63, 3.8) is 0 Å². The first kappa shape index (κ1) is 14.3. The van der Waals surface area contributed by atoms with Crippen molar-refractivity contribution in [2.75, 3.05) is 0 Å². The fourth-order valence-electron chi connectivity index (χ4n) is 2.08. The zero-order chi connectivity index (χ0) is 14.2. The van der Waals surface area contributed by atoms with Crippen LogP contribution >= 0.6 is 0 Å². The van der Waals surface area contributed by atoms with Gasteiger partial charge in [-0.3, -0.25) is 5.32 Å². The first-order chi connectivity index (χ1) is 9.78. The van der Waals surface area contributed by atoms with E-state index >= 15 is 0 Å². The molecule has 0 amide bonds. The minimum atomic E-state index is -0.197. The second-order valence-electron chi connectivity index (χ2n) is 4.75. The lowest BCUT2D eigenvalue weighted by Gasteiger charge is -2.13. The summed E-state index contributed by atoms with van der Waals surface area (Å²) >= 11 is 0. The molecule has 1 N–H and O–H groups in total. The number of halogens is 1. The van der Waals surface area contributed by atoms with Crippen LogP contribution in [-0.2, 0) is 13.0 Å². The Morgan fingerprint density at radius 1 is 1.05 bits per heavy atom. The molecule has 0 aliphatic rings. The molecule has 0 aliphatic carbocycles. The maximum absolute atomic E-state index is 13.1. The largest absolute Gasteiger partial charge is 0.300 e. The molecule has 1 unspecified atom stereocenters. The summed E-state index contributed by atoms with van der Waals surface area (Å²) in [6.07, 6.45) is 7.12. The number of aryl methyl sites for hydroxylation is 1. The summed E-state index contributed by atoms with van der Waals surface area (Å²) < 4.78 is 13.1. The normalized spacial score (nSPS) is 11.8. The number of benzene rings is 2. The summed E-state index contributed by atoms with van der Waals surface area (Å²) in [5.41, 5.74) is 2.19. The van der Waals surface area contributed by atoms with E-state index in [1.807, 2.05) is 24.3 Å². The summed E-state index contributed by atoms with van der Waals surface area (Å²) in [6, 6.07) is 16.8. The average molecular weight is 267 g/mol. The van der Waals surface area contributed by atoms with E-state index in [1.165, 1.54) is 11.6 Å². The van der Waals surface area contributed by atoms with Crippen LogP contribution in [0.5, 0.6) is 0 Å². The van der Waals surface area contributed by atoms with Crippen LogP contribution in [0.2, 0.25) is 0 Å². The first-order valence-electron chi connectivity index (χ1n) is 6.76. The highest BCUT2D eigenvalue weighted by atomic mass is 19.1. The van der Waals surface area contributed by atoms with E-state index < -0.39 is 0 Å². The van der Waals surface area contributed by atoms with Gasteiger partial charge in [0.2, 0.25) is 0 Å². The summed E-state index contributed by atoms with van der Waals surface area (Å²) in [4.78, 5) is 0. The lowest BCUT2D eigenvalue weighted by molar-refractivity contribution is 0.567. The molecule has 0 fully saturated rings. The Bertz CT molecular complexity index is 571. The Balaban J connectivity index is 1.82. The fraction of sp³-hybridized carbons (Fsp3) is 0.222. The highest BCUT2D eigenvalue weighted by Crippen LogP contribution is 2.08. The molecule has 0 aromatic heterocycles. The van der Waals surface area contributed by atoms with Crippen molar-refractivity contribution in [3.05, 3.63) is 71.5 Å². The molecule has 2 heteroatoms. The maximum Gasteiger partial charge on any atom is 0.123 e. The van der Waals surface area contributed by atoms with Crippen LogP contribution in [-0.4, -0.2) is 6.04 Å². The number of hydrogen-bond acceptors (Lipinski definition) is 1. The third-order valence-corrected chi connectivity index (χ3v) is 3.21. The van der Waals surface area contributed by atoms with Gasteiger partial charge in [0.25, 0.3) is 0 Å². The molecule has 1 atom stereocenters. The molecule has 0 bridgehead atoms. The first-order valence-corrected chi connectivity index (χ1v) is 6.76. The zero-order valence-corrected chi connectivity index (χ0v) is 11.4. The van der Waals surface area contributed by atoms with Crippen LogP contribution in [0.15, 0.2) is 54.6 Å². The minimum Gasteiger partial charge on any atom is -0.300 e. The number of terminal acetylenes is 1. The summed E-state index contributed by atoms with van der Waals surface area (Å²) in [5.74, 6) is 2.56. The smallest absolute Gasteiger partial charge is 0.123 e. The van der Waals surface area contributed by atoms with E-state index in [0.717, 1.165) is 24.9 Å². The molecule has 2 aromatic rings. The van der Waals surface area contributed by atoms with Crippen LogP contribution in [0.3, 0.4) is 0 Å². The van der Waals surface area contributed by atoms with E-state index in [0.29, 0.717) is 0 Å². The molecule has 0 radical (unpaired) electrons. The Hall–Kier alpha value is -2.11. The molecular weight excluding hydrogens is 249 g/mol. The molecule has 0 heterocycles. The van der Waals surface area contributed by atoms with Crippen molar-refractivity contribution >= 4 is 0 Å². The van der Waals surface area contributed by atoms with Gasteiger partial charge in [-0.15, -0.1) is 6.42 Å². The second kappa shape index (κ2) is 7.47. The zero-order valence-electron chi connectivity index (χ0n) is 11.4. The van der Waals surface area contributed by atoms with Crippen LogP contribution in [0.4, 0.5) is 4.39 Å². The average Bonchev–Trinajstić information content (AvgIpc) is 2.48. The van der Waals surface area contributed by atoms with Crippen LogP contribution in [0, 0.1) is 18.2 Å². The molecule has 0 aliphatic heterocycles. The molecule has 1 nitrogen and oxygen atoms in total. The van der Waals surface area contributed by atoms with Crippen molar-refractivity contribution < 1.29 is 4.39 Å². The SMILES string of the molecule is C#CC(CCc1cccc(F)c1)NCc1ccccc1. The van der Waals surface area contributed by atoms with E-state index in [9.17, 15) is 4.39 Å². The van der Waals surface area contributed by atoms with Crippen LogP contribution < -0.4 is 5.32 Å². The molecule has 0 saturated carbocycles. The van der Waals surface area contributed by atoms with Crippen LogP contribution in [0.25, 0.3) is 0 Å². The van der Waals surface area contributed by atoms with Gasteiger partial charge in [-0.1, -0.05) is 48.4 Å².